The van der Waals surface area contributed by atoms with Gasteiger partial charge in [0.05, 0.1) is 12.0 Å². The maximum Gasteiger partial charge on any atom is 0.310 e. The summed E-state index contributed by atoms with van der Waals surface area (Å²) >= 11 is 0. The Morgan fingerprint density at radius 3 is 2.80 bits per heavy atom. The van der Waals surface area contributed by atoms with Gasteiger partial charge in [0.2, 0.25) is 0 Å². The molecular weight excluding hydrogens is 263 g/mol. The Hall–Kier alpha value is -2.31. The van der Waals surface area contributed by atoms with E-state index in [1.54, 1.807) is 19.9 Å². The Kier molecular flexibility index (Phi) is 3.52. The summed E-state index contributed by atoms with van der Waals surface area (Å²) in [4.78, 5) is 11.2. The highest BCUT2D eigenvalue weighted by molar-refractivity contribution is 5.73. The number of aliphatic carboxylic acids is 1. The van der Waals surface area contributed by atoms with Crippen LogP contribution in [0.15, 0.2) is 18.2 Å². The van der Waals surface area contributed by atoms with Crippen molar-refractivity contribution in [3.05, 3.63) is 29.6 Å². The van der Waals surface area contributed by atoms with E-state index in [1.165, 1.54) is 16.8 Å². The number of carboxylic acids is 1. The number of hydrogen-bond acceptors (Lipinski definition) is 4. The van der Waals surface area contributed by atoms with Gasteiger partial charge in [-0.15, -0.1) is 5.10 Å². The van der Waals surface area contributed by atoms with E-state index in [0.717, 1.165) is 5.56 Å². The summed E-state index contributed by atoms with van der Waals surface area (Å²) in [6.07, 6.45) is 0. The van der Waals surface area contributed by atoms with E-state index in [-0.39, 0.29) is 6.54 Å². The minimum atomic E-state index is -1.02. The standard InChI is InChI=1S/C13H15FN4O2/c1-8-4-5-9(14)6-10(8)11-15-16-17-18(11)7-13(2,3)12(19)20/h4-6H,7H2,1-3H3,(H,19,20). The molecule has 106 valence electrons. The Labute approximate surface area is 115 Å². The van der Waals surface area contributed by atoms with Gasteiger partial charge in [0, 0.05) is 5.56 Å². The largest absolute Gasteiger partial charge is 0.481 e. The summed E-state index contributed by atoms with van der Waals surface area (Å²) in [7, 11) is 0. The van der Waals surface area contributed by atoms with E-state index in [2.05, 4.69) is 15.5 Å². The molecule has 1 aromatic heterocycles. The molecule has 0 aliphatic heterocycles. The maximum atomic E-state index is 13.4. The van der Waals surface area contributed by atoms with Gasteiger partial charge in [-0.3, -0.25) is 4.79 Å². The Balaban J connectivity index is 2.43. The second-order valence-corrected chi connectivity index (χ2v) is 5.31. The van der Waals surface area contributed by atoms with Crippen LogP contribution in [0, 0.1) is 18.2 Å². The highest BCUT2D eigenvalue weighted by Gasteiger charge is 2.29. The summed E-state index contributed by atoms with van der Waals surface area (Å²) in [5.74, 6) is -0.983. The van der Waals surface area contributed by atoms with Crippen molar-refractivity contribution in [1.82, 2.24) is 20.2 Å². The summed E-state index contributed by atoms with van der Waals surface area (Å²) in [6, 6.07) is 4.32. The van der Waals surface area contributed by atoms with Gasteiger partial charge in [0.1, 0.15) is 5.82 Å². The summed E-state index contributed by atoms with van der Waals surface area (Å²) in [5.41, 5.74) is 0.345. The molecule has 6 nitrogen and oxygen atoms in total. The topological polar surface area (TPSA) is 80.9 Å². The number of rotatable bonds is 4. The van der Waals surface area contributed by atoms with Crippen LogP contribution in [0.5, 0.6) is 0 Å². The molecule has 20 heavy (non-hydrogen) atoms. The van der Waals surface area contributed by atoms with Gasteiger partial charge in [-0.1, -0.05) is 6.07 Å². The van der Waals surface area contributed by atoms with Crippen LogP contribution >= 0.6 is 0 Å². The molecule has 7 heteroatoms. The molecule has 2 aromatic rings. The molecule has 1 heterocycles. The Bertz CT molecular complexity index is 652. The lowest BCUT2D eigenvalue weighted by Gasteiger charge is -2.19. The molecule has 0 saturated heterocycles. The van der Waals surface area contributed by atoms with Crippen LogP contribution in [-0.4, -0.2) is 31.3 Å². The van der Waals surface area contributed by atoms with Crippen LogP contribution in [0.4, 0.5) is 4.39 Å². The highest BCUT2D eigenvalue weighted by Crippen LogP contribution is 2.25. The number of carboxylic acid groups (broad SMARTS) is 1. The van der Waals surface area contributed by atoms with Crippen LogP contribution in [0.2, 0.25) is 0 Å². The predicted octanol–water partition coefficient (Wildman–Crippen LogP) is 1.90. The van der Waals surface area contributed by atoms with Crippen molar-refractivity contribution in [2.45, 2.75) is 27.3 Å². The van der Waals surface area contributed by atoms with Crippen LogP contribution in [0.1, 0.15) is 19.4 Å². The third-order valence-electron chi connectivity index (χ3n) is 3.10. The molecule has 1 aromatic carbocycles. The number of nitrogens with zero attached hydrogens (tertiary/aromatic N) is 4. The first-order chi connectivity index (χ1) is 9.31. The van der Waals surface area contributed by atoms with Gasteiger partial charge >= 0.3 is 5.97 Å². The number of halogens is 1. The van der Waals surface area contributed by atoms with Crippen molar-refractivity contribution < 1.29 is 14.3 Å². The molecule has 0 aliphatic rings. The third kappa shape index (κ3) is 2.66. The average molecular weight is 278 g/mol. The number of aromatic nitrogens is 4. The zero-order valence-electron chi connectivity index (χ0n) is 11.5. The summed E-state index contributed by atoms with van der Waals surface area (Å²) < 4.78 is 14.7. The number of aryl methyl sites for hydroxylation is 1. The molecule has 0 saturated carbocycles. The lowest BCUT2D eigenvalue weighted by Crippen LogP contribution is -2.30. The van der Waals surface area contributed by atoms with E-state index in [9.17, 15) is 9.18 Å². The average Bonchev–Trinajstić information content (AvgIpc) is 2.79. The van der Waals surface area contributed by atoms with Gasteiger partial charge in [0.25, 0.3) is 0 Å². The SMILES string of the molecule is Cc1ccc(F)cc1-c1nnnn1CC(C)(C)C(=O)O. The number of benzene rings is 1. The fourth-order valence-electron chi connectivity index (χ4n) is 1.78. The first kappa shape index (κ1) is 14.1. The predicted molar refractivity (Wildman–Crippen MR) is 69.4 cm³/mol. The van der Waals surface area contributed by atoms with Crippen LogP contribution in [0.3, 0.4) is 0 Å². The first-order valence-electron chi connectivity index (χ1n) is 6.07. The molecular formula is C13H15FN4O2. The minimum absolute atomic E-state index is 0.0978. The molecule has 0 bridgehead atoms. The number of tetrazole rings is 1. The monoisotopic (exact) mass is 278 g/mol. The molecule has 0 unspecified atom stereocenters. The second kappa shape index (κ2) is 4.99. The summed E-state index contributed by atoms with van der Waals surface area (Å²) in [5, 5.41) is 20.4. The van der Waals surface area contributed by atoms with Crippen molar-refractivity contribution in [2.24, 2.45) is 5.41 Å². The van der Waals surface area contributed by atoms with Gasteiger partial charge in [-0.05, 0) is 48.9 Å². The Morgan fingerprint density at radius 2 is 2.15 bits per heavy atom. The van der Waals surface area contributed by atoms with Gasteiger partial charge < -0.3 is 5.11 Å². The van der Waals surface area contributed by atoms with E-state index in [1.807, 2.05) is 6.92 Å². The lowest BCUT2D eigenvalue weighted by atomic mass is 9.94. The van der Waals surface area contributed by atoms with E-state index >= 15 is 0 Å². The zero-order valence-corrected chi connectivity index (χ0v) is 11.5. The minimum Gasteiger partial charge on any atom is -0.481 e. The van der Waals surface area contributed by atoms with Crippen LogP contribution < -0.4 is 0 Å². The fourth-order valence-corrected chi connectivity index (χ4v) is 1.78. The molecule has 0 atom stereocenters. The normalized spacial score (nSPS) is 11.6. The van der Waals surface area contributed by atoms with E-state index < -0.39 is 17.2 Å². The van der Waals surface area contributed by atoms with Gasteiger partial charge in [-0.25, -0.2) is 9.07 Å². The highest BCUT2D eigenvalue weighted by atomic mass is 19.1. The van der Waals surface area contributed by atoms with E-state index in [0.29, 0.717) is 11.4 Å². The van der Waals surface area contributed by atoms with Crippen molar-refractivity contribution in [3.63, 3.8) is 0 Å². The zero-order chi connectivity index (χ0) is 14.9. The molecule has 0 radical (unpaired) electrons. The van der Waals surface area contributed by atoms with Crippen molar-refractivity contribution in [1.29, 1.82) is 0 Å². The molecule has 0 spiro atoms. The third-order valence-corrected chi connectivity index (χ3v) is 3.10. The number of hydrogen-bond donors (Lipinski definition) is 1. The molecule has 0 aliphatic carbocycles. The maximum absolute atomic E-state index is 13.4. The number of carbonyl (C=O) groups is 1. The quantitative estimate of drug-likeness (QED) is 0.923. The molecule has 2 rings (SSSR count). The lowest BCUT2D eigenvalue weighted by molar-refractivity contribution is -0.147. The van der Waals surface area contributed by atoms with Crippen LogP contribution in [0.25, 0.3) is 11.4 Å². The van der Waals surface area contributed by atoms with Gasteiger partial charge in [0.15, 0.2) is 5.82 Å². The molecule has 0 fully saturated rings. The van der Waals surface area contributed by atoms with Gasteiger partial charge in [-0.2, -0.15) is 0 Å². The van der Waals surface area contributed by atoms with Crippen molar-refractivity contribution >= 4 is 5.97 Å². The Morgan fingerprint density at radius 1 is 1.45 bits per heavy atom. The molecule has 1 N–H and O–H groups in total. The van der Waals surface area contributed by atoms with Crippen molar-refractivity contribution in [3.8, 4) is 11.4 Å². The molecule has 0 amide bonds. The smallest absolute Gasteiger partial charge is 0.310 e. The van der Waals surface area contributed by atoms with Crippen LogP contribution in [-0.2, 0) is 11.3 Å². The van der Waals surface area contributed by atoms with E-state index in [4.69, 9.17) is 5.11 Å². The van der Waals surface area contributed by atoms with Crippen molar-refractivity contribution in [2.75, 3.05) is 0 Å². The summed E-state index contributed by atoms with van der Waals surface area (Å²) in [6.45, 7) is 5.08. The second-order valence-electron chi connectivity index (χ2n) is 5.31. The fraction of sp³-hybridized carbons (Fsp3) is 0.385. The first-order valence-corrected chi connectivity index (χ1v) is 6.07.